The van der Waals surface area contributed by atoms with Crippen LogP contribution in [0.2, 0.25) is 0 Å². The standard InChI is InChI=1S/C23H24N2O4/c1-28-13-12-21(23(27)29-2)25-22(26)19-11-10-16(24)14-20(19)18-9-5-7-15-6-3-4-8-17(15)18/h3-11,14,21H,12-13,24H2,1-2H3,(H,25,26). The second-order valence-corrected chi connectivity index (χ2v) is 6.66. The van der Waals surface area contributed by atoms with E-state index in [2.05, 4.69) is 5.32 Å². The molecule has 0 aliphatic rings. The molecule has 29 heavy (non-hydrogen) atoms. The molecule has 0 aliphatic heterocycles. The zero-order valence-corrected chi connectivity index (χ0v) is 16.5. The highest BCUT2D eigenvalue weighted by Gasteiger charge is 2.24. The number of carbonyl (C=O) groups is 2. The van der Waals surface area contributed by atoms with Crippen LogP contribution in [0, 0.1) is 0 Å². The Morgan fingerprint density at radius 1 is 1.00 bits per heavy atom. The first kappa shape index (κ1) is 20.4. The van der Waals surface area contributed by atoms with Crippen molar-refractivity contribution >= 4 is 28.3 Å². The fourth-order valence-electron chi connectivity index (χ4n) is 3.31. The number of nitrogens with one attached hydrogen (secondary N) is 1. The number of rotatable bonds is 7. The van der Waals surface area contributed by atoms with Gasteiger partial charge in [0.1, 0.15) is 6.04 Å². The van der Waals surface area contributed by atoms with E-state index >= 15 is 0 Å². The zero-order chi connectivity index (χ0) is 20.8. The molecule has 3 rings (SSSR count). The summed E-state index contributed by atoms with van der Waals surface area (Å²) in [6.45, 7) is 0.317. The van der Waals surface area contributed by atoms with E-state index in [0.29, 0.717) is 29.8 Å². The fourth-order valence-corrected chi connectivity index (χ4v) is 3.31. The summed E-state index contributed by atoms with van der Waals surface area (Å²) in [7, 11) is 2.83. The molecule has 6 heteroatoms. The van der Waals surface area contributed by atoms with E-state index in [1.54, 1.807) is 18.2 Å². The summed E-state index contributed by atoms with van der Waals surface area (Å²) in [6, 6.07) is 18.2. The normalized spacial score (nSPS) is 11.8. The van der Waals surface area contributed by atoms with E-state index < -0.39 is 12.0 Å². The highest BCUT2D eigenvalue weighted by atomic mass is 16.5. The minimum absolute atomic E-state index is 0.313. The van der Waals surface area contributed by atoms with Crippen LogP contribution in [0.1, 0.15) is 16.8 Å². The van der Waals surface area contributed by atoms with Gasteiger partial charge in [0.05, 0.1) is 7.11 Å². The van der Waals surface area contributed by atoms with Crippen LogP contribution in [0.15, 0.2) is 60.7 Å². The lowest BCUT2D eigenvalue weighted by molar-refractivity contribution is -0.143. The molecule has 0 saturated carbocycles. The molecular weight excluding hydrogens is 368 g/mol. The minimum Gasteiger partial charge on any atom is -0.467 e. The first-order chi connectivity index (χ1) is 14.0. The number of anilines is 1. The Hall–Kier alpha value is -3.38. The number of amides is 1. The first-order valence-corrected chi connectivity index (χ1v) is 9.30. The molecule has 3 aromatic carbocycles. The molecule has 6 nitrogen and oxygen atoms in total. The van der Waals surface area contributed by atoms with Crippen LogP contribution in [0.5, 0.6) is 0 Å². The summed E-state index contributed by atoms with van der Waals surface area (Å²) in [5.74, 6) is -0.892. The highest BCUT2D eigenvalue weighted by molar-refractivity contribution is 6.07. The lowest BCUT2D eigenvalue weighted by atomic mass is 9.93. The van der Waals surface area contributed by atoms with Crippen molar-refractivity contribution in [1.82, 2.24) is 5.32 Å². The zero-order valence-electron chi connectivity index (χ0n) is 16.5. The Morgan fingerprint density at radius 2 is 1.76 bits per heavy atom. The topological polar surface area (TPSA) is 90.6 Å². The summed E-state index contributed by atoms with van der Waals surface area (Å²) >= 11 is 0. The number of hydrogen-bond donors (Lipinski definition) is 2. The van der Waals surface area contributed by atoms with Gasteiger partial charge >= 0.3 is 5.97 Å². The third-order valence-electron chi connectivity index (χ3n) is 4.77. The second-order valence-electron chi connectivity index (χ2n) is 6.66. The monoisotopic (exact) mass is 392 g/mol. The maximum atomic E-state index is 13.1. The van der Waals surface area contributed by atoms with Gasteiger partial charge in [0.2, 0.25) is 0 Å². The van der Waals surface area contributed by atoms with E-state index in [1.807, 2.05) is 42.5 Å². The molecule has 0 heterocycles. The van der Waals surface area contributed by atoms with Crippen molar-refractivity contribution in [1.29, 1.82) is 0 Å². The second kappa shape index (κ2) is 9.21. The third kappa shape index (κ3) is 4.55. The Morgan fingerprint density at radius 3 is 2.52 bits per heavy atom. The Balaban J connectivity index is 2.02. The van der Waals surface area contributed by atoms with Crippen LogP contribution in [0.25, 0.3) is 21.9 Å². The van der Waals surface area contributed by atoms with Crippen LogP contribution in [-0.4, -0.2) is 38.7 Å². The fraction of sp³-hybridized carbons (Fsp3) is 0.217. The number of hydrogen-bond acceptors (Lipinski definition) is 5. The van der Waals surface area contributed by atoms with Crippen molar-refractivity contribution in [2.24, 2.45) is 0 Å². The number of ether oxygens (including phenoxy) is 2. The number of nitrogens with two attached hydrogens (primary N) is 1. The van der Waals surface area contributed by atoms with Crippen LogP contribution >= 0.6 is 0 Å². The molecule has 0 bridgehead atoms. The Kier molecular flexibility index (Phi) is 6.46. The smallest absolute Gasteiger partial charge is 0.328 e. The average molecular weight is 392 g/mol. The number of benzene rings is 3. The van der Waals surface area contributed by atoms with Gasteiger partial charge in [-0.1, -0.05) is 42.5 Å². The van der Waals surface area contributed by atoms with Crippen LogP contribution in [0.3, 0.4) is 0 Å². The molecule has 0 radical (unpaired) electrons. The predicted octanol–water partition coefficient (Wildman–Crippen LogP) is 3.40. The van der Waals surface area contributed by atoms with Crippen LogP contribution < -0.4 is 11.1 Å². The molecule has 1 atom stereocenters. The number of fused-ring (bicyclic) bond motifs is 1. The first-order valence-electron chi connectivity index (χ1n) is 9.30. The summed E-state index contributed by atoms with van der Waals surface area (Å²) in [6.07, 6.45) is 0.313. The number of esters is 1. The SMILES string of the molecule is COCCC(NC(=O)c1ccc(N)cc1-c1cccc2ccccc12)C(=O)OC. The predicted molar refractivity (Wildman–Crippen MR) is 114 cm³/mol. The average Bonchev–Trinajstić information content (AvgIpc) is 2.75. The van der Waals surface area contributed by atoms with Gasteiger partial charge in [0.25, 0.3) is 5.91 Å². The molecule has 3 N–H and O–H groups in total. The molecular formula is C23H24N2O4. The van der Waals surface area contributed by atoms with Crippen molar-refractivity contribution in [2.45, 2.75) is 12.5 Å². The van der Waals surface area contributed by atoms with Gasteiger partial charge in [-0.05, 0) is 40.1 Å². The summed E-state index contributed by atoms with van der Waals surface area (Å²) in [5.41, 5.74) is 8.60. The molecule has 0 spiro atoms. The summed E-state index contributed by atoms with van der Waals surface area (Å²) in [5, 5.41) is 4.84. The molecule has 1 amide bonds. The quantitative estimate of drug-likeness (QED) is 0.475. The van der Waals surface area contributed by atoms with Gasteiger partial charge < -0.3 is 20.5 Å². The number of carbonyl (C=O) groups excluding carboxylic acids is 2. The molecule has 0 fully saturated rings. The van der Waals surface area contributed by atoms with Crippen LogP contribution in [-0.2, 0) is 14.3 Å². The molecule has 0 aliphatic carbocycles. The summed E-state index contributed by atoms with van der Waals surface area (Å²) < 4.78 is 9.84. The van der Waals surface area contributed by atoms with Crippen molar-refractivity contribution in [3.05, 3.63) is 66.2 Å². The molecule has 150 valence electrons. The van der Waals surface area contributed by atoms with Gasteiger partial charge in [-0.3, -0.25) is 4.79 Å². The lowest BCUT2D eigenvalue weighted by Crippen LogP contribution is -2.42. The van der Waals surface area contributed by atoms with Gasteiger partial charge in [0.15, 0.2) is 0 Å². The maximum Gasteiger partial charge on any atom is 0.328 e. The number of nitrogen functional groups attached to an aromatic ring is 1. The van der Waals surface area contributed by atoms with Crippen molar-refractivity contribution in [3.63, 3.8) is 0 Å². The van der Waals surface area contributed by atoms with Gasteiger partial charge in [0, 0.05) is 31.4 Å². The molecule has 0 saturated heterocycles. The van der Waals surface area contributed by atoms with Crippen molar-refractivity contribution < 1.29 is 19.1 Å². The minimum atomic E-state index is -0.801. The maximum absolute atomic E-state index is 13.1. The van der Waals surface area contributed by atoms with Crippen molar-refractivity contribution in [3.8, 4) is 11.1 Å². The van der Waals surface area contributed by atoms with E-state index in [-0.39, 0.29) is 5.91 Å². The molecule has 3 aromatic rings. The van der Waals surface area contributed by atoms with Crippen LogP contribution in [0.4, 0.5) is 5.69 Å². The van der Waals surface area contributed by atoms with E-state index in [9.17, 15) is 9.59 Å². The summed E-state index contributed by atoms with van der Waals surface area (Å²) in [4.78, 5) is 25.1. The van der Waals surface area contributed by atoms with E-state index in [1.165, 1.54) is 14.2 Å². The number of methoxy groups -OCH3 is 2. The van der Waals surface area contributed by atoms with Crippen molar-refractivity contribution in [2.75, 3.05) is 26.6 Å². The third-order valence-corrected chi connectivity index (χ3v) is 4.77. The Bertz CT molecular complexity index is 1030. The highest BCUT2D eigenvalue weighted by Crippen LogP contribution is 2.32. The van der Waals surface area contributed by atoms with E-state index in [0.717, 1.165) is 16.3 Å². The lowest BCUT2D eigenvalue weighted by Gasteiger charge is -2.18. The van der Waals surface area contributed by atoms with Gasteiger partial charge in [-0.15, -0.1) is 0 Å². The largest absolute Gasteiger partial charge is 0.467 e. The molecule has 1 unspecified atom stereocenters. The van der Waals surface area contributed by atoms with Gasteiger partial charge in [-0.2, -0.15) is 0 Å². The van der Waals surface area contributed by atoms with Gasteiger partial charge in [-0.25, -0.2) is 4.79 Å². The molecule has 0 aromatic heterocycles. The Labute approximate surface area is 169 Å². The van der Waals surface area contributed by atoms with E-state index in [4.69, 9.17) is 15.2 Å².